The first-order valence-corrected chi connectivity index (χ1v) is 14.4. The molecule has 0 saturated carbocycles. The van der Waals surface area contributed by atoms with Crippen molar-refractivity contribution in [3.8, 4) is 5.75 Å². The van der Waals surface area contributed by atoms with Crippen LogP contribution in [0.1, 0.15) is 51.5 Å². The maximum atomic E-state index is 13.4. The molecule has 0 heterocycles. The van der Waals surface area contributed by atoms with Gasteiger partial charge in [0, 0.05) is 26.1 Å². The maximum absolute atomic E-state index is 13.4. The normalized spacial score (nSPS) is 12.0. The molecule has 8 nitrogen and oxygen atoms in total. The number of methoxy groups -OCH3 is 1. The Morgan fingerprint density at radius 2 is 1.68 bits per heavy atom. The average molecular weight is 536 g/mol. The molecule has 10 heteroatoms. The molecule has 0 aromatic heterocycles. The Kier molecular flexibility index (Phi) is 11.8. The van der Waals surface area contributed by atoms with Crippen LogP contribution in [0.25, 0.3) is 0 Å². The number of ether oxygens (including phenoxy) is 1. The molecule has 37 heavy (non-hydrogen) atoms. The first kappa shape index (κ1) is 30.1. The number of carbonyl (C=O) groups excluding carboxylic acids is 2. The van der Waals surface area contributed by atoms with E-state index in [4.69, 9.17) is 4.74 Å². The van der Waals surface area contributed by atoms with E-state index in [-0.39, 0.29) is 43.6 Å². The molecule has 0 unspecified atom stereocenters. The number of nitrogens with one attached hydrogen (secondary N) is 1. The highest BCUT2D eigenvalue weighted by molar-refractivity contribution is 7.92. The van der Waals surface area contributed by atoms with Crippen molar-refractivity contribution in [3.63, 3.8) is 0 Å². The number of rotatable bonds is 15. The van der Waals surface area contributed by atoms with Crippen LogP contribution < -0.4 is 14.4 Å². The predicted molar refractivity (Wildman–Crippen MR) is 143 cm³/mol. The van der Waals surface area contributed by atoms with E-state index in [1.54, 1.807) is 36.4 Å². The van der Waals surface area contributed by atoms with Crippen LogP contribution in [-0.4, -0.2) is 57.6 Å². The molecule has 0 bridgehead atoms. The molecule has 1 N–H and O–H groups in total. The first-order chi connectivity index (χ1) is 17.6. The summed E-state index contributed by atoms with van der Waals surface area (Å²) >= 11 is 0. The molecule has 0 fully saturated rings. The SMILES string of the molecule is CCCCNC(=O)[C@H](CC)N(Cc1ccc(F)cc1)C(=O)CCCN(c1ccc(OC)cc1)S(C)(=O)=O. The van der Waals surface area contributed by atoms with Crippen LogP contribution in [-0.2, 0) is 26.2 Å². The molecule has 1 atom stereocenters. The van der Waals surface area contributed by atoms with Gasteiger partial charge in [-0.3, -0.25) is 13.9 Å². The highest BCUT2D eigenvalue weighted by atomic mass is 32.2. The minimum absolute atomic E-state index is 0.0438. The lowest BCUT2D eigenvalue weighted by molar-refractivity contribution is -0.141. The summed E-state index contributed by atoms with van der Waals surface area (Å²) in [5.41, 5.74) is 1.17. The number of hydrogen-bond acceptors (Lipinski definition) is 5. The zero-order valence-corrected chi connectivity index (χ0v) is 22.9. The number of nitrogens with zero attached hydrogens (tertiary/aromatic N) is 2. The van der Waals surface area contributed by atoms with Crippen molar-refractivity contribution in [2.75, 3.05) is 30.8 Å². The Morgan fingerprint density at radius 1 is 1.03 bits per heavy atom. The van der Waals surface area contributed by atoms with E-state index in [1.807, 2.05) is 13.8 Å². The van der Waals surface area contributed by atoms with E-state index in [0.29, 0.717) is 30.0 Å². The Morgan fingerprint density at radius 3 is 2.22 bits per heavy atom. The number of hydrogen-bond donors (Lipinski definition) is 1. The third-order valence-corrected chi connectivity index (χ3v) is 7.19. The lowest BCUT2D eigenvalue weighted by Crippen LogP contribution is -2.49. The fourth-order valence-corrected chi connectivity index (χ4v) is 4.93. The molecule has 2 aromatic rings. The largest absolute Gasteiger partial charge is 0.497 e. The van der Waals surface area contributed by atoms with Crippen LogP contribution in [0.15, 0.2) is 48.5 Å². The molecule has 204 valence electrons. The van der Waals surface area contributed by atoms with Crippen LogP contribution in [0.5, 0.6) is 5.75 Å². The lowest BCUT2D eigenvalue weighted by atomic mass is 10.1. The molecule has 0 aliphatic heterocycles. The zero-order valence-electron chi connectivity index (χ0n) is 22.1. The third-order valence-electron chi connectivity index (χ3n) is 5.99. The van der Waals surface area contributed by atoms with Crippen LogP contribution in [0, 0.1) is 5.82 Å². The van der Waals surface area contributed by atoms with Gasteiger partial charge in [0.15, 0.2) is 0 Å². The third kappa shape index (κ3) is 9.35. The van der Waals surface area contributed by atoms with Crippen molar-refractivity contribution in [3.05, 3.63) is 59.9 Å². The molecule has 0 aliphatic rings. The second-order valence-corrected chi connectivity index (χ2v) is 10.8. The highest BCUT2D eigenvalue weighted by Gasteiger charge is 2.28. The molecule has 0 aliphatic carbocycles. The van der Waals surface area contributed by atoms with Gasteiger partial charge in [-0.25, -0.2) is 12.8 Å². The Hall–Kier alpha value is -3.14. The second-order valence-electron chi connectivity index (χ2n) is 8.85. The standard InChI is InChI=1S/C27H38FN3O5S/c1-5-7-18-29-27(33)25(6-2)30(20-21-10-12-22(28)13-11-21)26(32)9-8-19-31(37(4,34)35)23-14-16-24(36-3)17-15-23/h10-17,25H,5-9,18-20H2,1-4H3,(H,29,33)/t25-/m0/s1. The van der Waals surface area contributed by atoms with Gasteiger partial charge in [0.05, 0.1) is 19.1 Å². The van der Waals surface area contributed by atoms with Gasteiger partial charge in [0.2, 0.25) is 21.8 Å². The number of benzene rings is 2. The minimum Gasteiger partial charge on any atom is -0.497 e. The fourth-order valence-electron chi connectivity index (χ4n) is 3.96. The summed E-state index contributed by atoms with van der Waals surface area (Å²) in [6, 6.07) is 11.8. The number of unbranched alkanes of at least 4 members (excludes halogenated alkanes) is 1. The fraction of sp³-hybridized carbons (Fsp3) is 0.481. The van der Waals surface area contributed by atoms with Gasteiger partial charge >= 0.3 is 0 Å². The smallest absolute Gasteiger partial charge is 0.242 e. The minimum atomic E-state index is -3.59. The zero-order chi connectivity index (χ0) is 27.4. The van der Waals surface area contributed by atoms with E-state index >= 15 is 0 Å². The van der Waals surface area contributed by atoms with Crippen molar-refractivity contribution in [2.45, 2.75) is 58.5 Å². The second kappa shape index (κ2) is 14.6. The molecular formula is C27H38FN3O5S. The van der Waals surface area contributed by atoms with Gasteiger partial charge in [-0.1, -0.05) is 32.4 Å². The Balaban J connectivity index is 2.18. The van der Waals surface area contributed by atoms with Crippen molar-refractivity contribution in [1.29, 1.82) is 0 Å². The van der Waals surface area contributed by atoms with Crippen LogP contribution in [0.2, 0.25) is 0 Å². The summed E-state index contributed by atoms with van der Waals surface area (Å²) in [4.78, 5) is 27.8. The highest BCUT2D eigenvalue weighted by Crippen LogP contribution is 2.22. The predicted octanol–water partition coefficient (Wildman–Crippen LogP) is 4.10. The number of amides is 2. The number of halogens is 1. The van der Waals surface area contributed by atoms with E-state index in [0.717, 1.165) is 19.1 Å². The van der Waals surface area contributed by atoms with Crippen molar-refractivity contribution in [2.24, 2.45) is 0 Å². The Bertz CT molecular complexity index is 1110. The molecule has 2 amide bonds. The van der Waals surface area contributed by atoms with E-state index in [9.17, 15) is 22.4 Å². The van der Waals surface area contributed by atoms with E-state index in [2.05, 4.69) is 5.32 Å². The number of carbonyl (C=O) groups is 2. The number of sulfonamides is 1. The molecule has 0 saturated heterocycles. The molecule has 0 radical (unpaired) electrons. The summed E-state index contributed by atoms with van der Waals surface area (Å²) in [6.07, 6.45) is 3.59. The van der Waals surface area contributed by atoms with Gasteiger partial charge in [-0.2, -0.15) is 0 Å². The van der Waals surface area contributed by atoms with Gasteiger partial charge < -0.3 is 15.0 Å². The molecule has 0 spiro atoms. The number of anilines is 1. The molecule has 2 rings (SSSR count). The monoisotopic (exact) mass is 535 g/mol. The molecular weight excluding hydrogens is 497 g/mol. The van der Waals surface area contributed by atoms with Crippen LogP contribution in [0.4, 0.5) is 10.1 Å². The summed E-state index contributed by atoms with van der Waals surface area (Å²) in [5, 5.41) is 2.90. The summed E-state index contributed by atoms with van der Waals surface area (Å²) in [6.45, 7) is 4.63. The quantitative estimate of drug-likeness (QED) is 0.347. The van der Waals surface area contributed by atoms with Crippen LogP contribution >= 0.6 is 0 Å². The van der Waals surface area contributed by atoms with Gasteiger partial charge in [-0.15, -0.1) is 0 Å². The summed E-state index contributed by atoms with van der Waals surface area (Å²) in [5.74, 6) is -0.288. The topological polar surface area (TPSA) is 96.0 Å². The van der Waals surface area contributed by atoms with Crippen molar-refractivity contribution < 1.29 is 27.1 Å². The van der Waals surface area contributed by atoms with E-state index < -0.39 is 16.1 Å². The summed E-state index contributed by atoms with van der Waals surface area (Å²) < 4.78 is 44.7. The van der Waals surface area contributed by atoms with Crippen molar-refractivity contribution in [1.82, 2.24) is 10.2 Å². The molecule has 2 aromatic carbocycles. The lowest BCUT2D eigenvalue weighted by Gasteiger charge is -2.31. The van der Waals surface area contributed by atoms with Crippen LogP contribution in [0.3, 0.4) is 0 Å². The maximum Gasteiger partial charge on any atom is 0.242 e. The van der Waals surface area contributed by atoms with Gasteiger partial charge in [0.1, 0.15) is 17.6 Å². The van der Waals surface area contributed by atoms with Gasteiger partial charge in [0.25, 0.3) is 0 Å². The van der Waals surface area contributed by atoms with Gasteiger partial charge in [-0.05, 0) is 61.2 Å². The van der Waals surface area contributed by atoms with Crippen molar-refractivity contribution >= 4 is 27.5 Å². The van der Waals surface area contributed by atoms with E-state index in [1.165, 1.54) is 28.4 Å². The average Bonchev–Trinajstić information content (AvgIpc) is 2.87. The first-order valence-electron chi connectivity index (χ1n) is 12.5. The Labute approximate surface area is 219 Å². The summed E-state index contributed by atoms with van der Waals surface area (Å²) in [7, 11) is -2.06.